The molecule has 0 aromatic heterocycles. The summed E-state index contributed by atoms with van der Waals surface area (Å²) < 4.78 is 14.4. The van der Waals surface area contributed by atoms with Crippen molar-refractivity contribution in [2.75, 3.05) is 5.32 Å². The van der Waals surface area contributed by atoms with Crippen LogP contribution in [0, 0.1) is 31.0 Å². The van der Waals surface area contributed by atoms with E-state index >= 15 is 0 Å². The van der Waals surface area contributed by atoms with Gasteiger partial charge < -0.3 is 5.32 Å². The number of nitriles is 1. The Bertz CT molecular complexity index is 837. The molecule has 0 radical (unpaired) electrons. The normalized spacial score (nSPS) is 11.0. The van der Waals surface area contributed by atoms with Crippen molar-refractivity contribution < 1.29 is 9.18 Å². The summed E-state index contributed by atoms with van der Waals surface area (Å²) in [7, 11) is 0. The van der Waals surface area contributed by atoms with E-state index < -0.39 is 11.7 Å². The van der Waals surface area contributed by atoms with Crippen molar-refractivity contribution in [3.8, 4) is 6.07 Å². The number of carbonyl (C=O) groups excluding carboxylic acids is 1. The molecule has 0 spiro atoms. The van der Waals surface area contributed by atoms with Gasteiger partial charge in [-0.25, -0.2) is 4.39 Å². The quantitative estimate of drug-likeness (QED) is 0.624. The molecule has 0 atom stereocenters. The molecule has 0 bridgehead atoms. The molecule has 0 aliphatic heterocycles. The lowest BCUT2D eigenvalue weighted by atomic mass is 10.1. The van der Waals surface area contributed by atoms with Gasteiger partial charge in [0.2, 0.25) is 0 Å². The van der Waals surface area contributed by atoms with Crippen LogP contribution in [-0.4, -0.2) is 5.91 Å². The highest BCUT2D eigenvalue weighted by Crippen LogP contribution is 2.20. The molecule has 23 heavy (non-hydrogen) atoms. The summed E-state index contributed by atoms with van der Waals surface area (Å²) in [5.41, 5.74) is 2.61. The Kier molecular flexibility index (Phi) is 5.30. The van der Waals surface area contributed by atoms with E-state index in [1.54, 1.807) is 12.1 Å². The van der Waals surface area contributed by atoms with Gasteiger partial charge in [0, 0.05) is 15.7 Å². The minimum absolute atomic E-state index is 0.161. The summed E-state index contributed by atoms with van der Waals surface area (Å²) in [5, 5.41) is 11.9. The zero-order chi connectivity index (χ0) is 17.0. The summed E-state index contributed by atoms with van der Waals surface area (Å²) in [6, 6.07) is 11.8. The molecule has 2 aromatic rings. The number of hydrogen-bond donors (Lipinski definition) is 1. The SMILES string of the molecule is Cc1ccc(NC(=O)C(C#N)=Cc2ccc(Br)cc2F)c(C)c1. The molecule has 0 saturated heterocycles. The number of halogens is 2. The van der Waals surface area contributed by atoms with E-state index in [2.05, 4.69) is 21.2 Å². The molecular weight excluding hydrogens is 359 g/mol. The fourth-order valence-corrected chi connectivity index (χ4v) is 2.40. The highest BCUT2D eigenvalue weighted by molar-refractivity contribution is 9.10. The van der Waals surface area contributed by atoms with Crippen LogP contribution in [0.1, 0.15) is 16.7 Å². The Hall–Kier alpha value is -2.45. The van der Waals surface area contributed by atoms with E-state index in [0.29, 0.717) is 10.2 Å². The predicted molar refractivity (Wildman–Crippen MR) is 92.2 cm³/mol. The maximum Gasteiger partial charge on any atom is 0.266 e. The van der Waals surface area contributed by atoms with Gasteiger partial charge in [-0.3, -0.25) is 4.79 Å². The maximum absolute atomic E-state index is 13.8. The van der Waals surface area contributed by atoms with Crippen molar-refractivity contribution in [2.45, 2.75) is 13.8 Å². The number of hydrogen-bond acceptors (Lipinski definition) is 2. The number of amides is 1. The third-order valence-electron chi connectivity index (χ3n) is 3.26. The molecule has 5 heteroatoms. The topological polar surface area (TPSA) is 52.9 Å². The van der Waals surface area contributed by atoms with Gasteiger partial charge in [0.1, 0.15) is 17.5 Å². The Morgan fingerprint density at radius 1 is 1.26 bits per heavy atom. The Morgan fingerprint density at radius 2 is 2.00 bits per heavy atom. The summed E-state index contributed by atoms with van der Waals surface area (Å²) in [5.74, 6) is -1.08. The average molecular weight is 373 g/mol. The summed E-state index contributed by atoms with van der Waals surface area (Å²) >= 11 is 3.16. The third kappa shape index (κ3) is 4.27. The first-order valence-electron chi connectivity index (χ1n) is 6.86. The smallest absolute Gasteiger partial charge is 0.266 e. The number of benzene rings is 2. The number of nitrogens with zero attached hydrogens (tertiary/aromatic N) is 1. The lowest BCUT2D eigenvalue weighted by Crippen LogP contribution is -2.14. The molecule has 2 aromatic carbocycles. The Morgan fingerprint density at radius 3 is 2.61 bits per heavy atom. The number of aryl methyl sites for hydroxylation is 2. The van der Waals surface area contributed by atoms with Crippen LogP contribution in [0.2, 0.25) is 0 Å². The van der Waals surface area contributed by atoms with Gasteiger partial charge >= 0.3 is 0 Å². The molecule has 0 fully saturated rings. The third-order valence-corrected chi connectivity index (χ3v) is 3.75. The van der Waals surface area contributed by atoms with Crippen LogP contribution in [0.25, 0.3) is 6.08 Å². The van der Waals surface area contributed by atoms with Crippen LogP contribution in [0.3, 0.4) is 0 Å². The first-order valence-corrected chi connectivity index (χ1v) is 7.65. The molecule has 0 saturated carbocycles. The van der Waals surface area contributed by atoms with Crippen LogP contribution in [-0.2, 0) is 4.79 Å². The van der Waals surface area contributed by atoms with E-state index in [1.807, 2.05) is 32.0 Å². The first kappa shape index (κ1) is 16.9. The highest BCUT2D eigenvalue weighted by atomic mass is 79.9. The molecule has 0 aliphatic carbocycles. The van der Waals surface area contributed by atoms with Crippen molar-refractivity contribution in [1.82, 2.24) is 0 Å². The number of carbonyl (C=O) groups is 1. The van der Waals surface area contributed by atoms with E-state index in [9.17, 15) is 14.4 Å². The summed E-state index contributed by atoms with van der Waals surface area (Å²) in [6.07, 6.45) is 1.24. The van der Waals surface area contributed by atoms with E-state index in [1.165, 1.54) is 18.2 Å². The van der Waals surface area contributed by atoms with Crippen LogP contribution in [0.15, 0.2) is 46.4 Å². The lowest BCUT2D eigenvalue weighted by Gasteiger charge is -2.08. The lowest BCUT2D eigenvalue weighted by molar-refractivity contribution is -0.112. The van der Waals surface area contributed by atoms with E-state index in [4.69, 9.17) is 0 Å². The molecule has 1 N–H and O–H groups in total. The number of nitrogens with one attached hydrogen (secondary N) is 1. The Labute approximate surface area is 142 Å². The number of rotatable bonds is 3. The monoisotopic (exact) mass is 372 g/mol. The van der Waals surface area contributed by atoms with Crippen LogP contribution in [0.5, 0.6) is 0 Å². The van der Waals surface area contributed by atoms with Crippen molar-refractivity contribution >= 4 is 33.6 Å². The fraction of sp³-hybridized carbons (Fsp3) is 0.111. The van der Waals surface area contributed by atoms with E-state index in [-0.39, 0.29) is 11.1 Å². The molecule has 0 aliphatic rings. The van der Waals surface area contributed by atoms with Gasteiger partial charge in [0.05, 0.1) is 0 Å². The highest BCUT2D eigenvalue weighted by Gasteiger charge is 2.12. The second-order valence-electron chi connectivity index (χ2n) is 5.11. The second kappa shape index (κ2) is 7.21. The largest absolute Gasteiger partial charge is 0.321 e. The van der Waals surface area contributed by atoms with Crippen molar-refractivity contribution in [3.05, 3.63) is 69.0 Å². The summed E-state index contributed by atoms with van der Waals surface area (Å²) in [6.45, 7) is 3.82. The van der Waals surface area contributed by atoms with Crippen molar-refractivity contribution in [2.24, 2.45) is 0 Å². The van der Waals surface area contributed by atoms with Crippen LogP contribution in [0.4, 0.5) is 10.1 Å². The molecule has 3 nitrogen and oxygen atoms in total. The standard InChI is InChI=1S/C18H14BrFN2O/c1-11-3-6-17(12(2)7-11)22-18(23)14(10-21)8-13-4-5-15(19)9-16(13)20/h3-9H,1-2H3,(H,22,23). The average Bonchev–Trinajstić information content (AvgIpc) is 2.49. The Balaban J connectivity index is 2.28. The first-order chi connectivity index (χ1) is 10.9. The predicted octanol–water partition coefficient (Wildman–Crippen LogP) is 4.75. The van der Waals surface area contributed by atoms with Gasteiger partial charge in [-0.15, -0.1) is 0 Å². The van der Waals surface area contributed by atoms with Gasteiger partial charge in [-0.2, -0.15) is 5.26 Å². The zero-order valence-corrected chi connectivity index (χ0v) is 14.2. The molecule has 2 rings (SSSR count). The van der Waals surface area contributed by atoms with Crippen LogP contribution < -0.4 is 5.32 Å². The van der Waals surface area contributed by atoms with Crippen molar-refractivity contribution in [1.29, 1.82) is 5.26 Å². The molecule has 0 unspecified atom stereocenters. The van der Waals surface area contributed by atoms with Crippen molar-refractivity contribution in [3.63, 3.8) is 0 Å². The zero-order valence-electron chi connectivity index (χ0n) is 12.7. The number of anilines is 1. The van der Waals surface area contributed by atoms with Gasteiger partial charge in [0.15, 0.2) is 0 Å². The van der Waals surface area contributed by atoms with Gasteiger partial charge in [-0.05, 0) is 43.7 Å². The molecule has 0 heterocycles. The van der Waals surface area contributed by atoms with Gasteiger partial charge in [-0.1, -0.05) is 39.7 Å². The minimum atomic E-state index is -0.568. The summed E-state index contributed by atoms with van der Waals surface area (Å²) in [4.78, 5) is 12.2. The molecular formula is C18H14BrFN2O. The maximum atomic E-state index is 13.8. The second-order valence-corrected chi connectivity index (χ2v) is 6.02. The molecule has 1 amide bonds. The minimum Gasteiger partial charge on any atom is -0.321 e. The van der Waals surface area contributed by atoms with Crippen LogP contribution >= 0.6 is 15.9 Å². The van der Waals surface area contributed by atoms with E-state index in [0.717, 1.165) is 11.1 Å². The molecule has 116 valence electrons. The van der Waals surface area contributed by atoms with Gasteiger partial charge in [0.25, 0.3) is 5.91 Å². The fourth-order valence-electron chi connectivity index (χ4n) is 2.07.